The zero-order valence-corrected chi connectivity index (χ0v) is 16.8. The second-order valence-corrected chi connectivity index (χ2v) is 6.91. The highest BCUT2D eigenvalue weighted by Crippen LogP contribution is 2.20. The molecule has 1 unspecified atom stereocenters. The third kappa shape index (κ3) is 7.96. The van der Waals surface area contributed by atoms with Crippen LogP contribution in [0.25, 0.3) is 17.0 Å². The molecule has 0 saturated heterocycles. The van der Waals surface area contributed by atoms with Crippen molar-refractivity contribution in [1.82, 2.24) is 4.98 Å². The molecule has 1 atom stereocenters. The molecule has 146 valence electrons. The van der Waals surface area contributed by atoms with Gasteiger partial charge in [0.1, 0.15) is 12.4 Å². The summed E-state index contributed by atoms with van der Waals surface area (Å²) in [4.78, 5) is 4.70. The molecule has 0 N–H and O–H groups in total. The molecule has 3 nitrogen and oxygen atoms in total. The van der Waals surface area contributed by atoms with E-state index < -0.39 is 0 Å². The molecule has 0 amide bonds. The van der Waals surface area contributed by atoms with E-state index in [1.807, 2.05) is 18.2 Å². The highest BCUT2D eigenvalue weighted by atomic mass is 16.5. The van der Waals surface area contributed by atoms with Crippen LogP contribution in [0.5, 0.6) is 5.75 Å². The van der Waals surface area contributed by atoms with Crippen molar-refractivity contribution in [2.24, 2.45) is 0 Å². The first-order chi connectivity index (χ1) is 13.2. The van der Waals surface area contributed by atoms with E-state index in [1.165, 1.54) is 19.3 Å². The molecular formula is C24H33NO2. The van der Waals surface area contributed by atoms with Crippen LogP contribution in [-0.4, -0.2) is 24.3 Å². The zero-order chi connectivity index (χ0) is 19.3. The van der Waals surface area contributed by atoms with Crippen LogP contribution < -0.4 is 4.74 Å². The SMILES string of the molecule is C=CCOc1ccc2nc(/C=C/CCCC(C)OCCCCC)ccc2c1. The highest BCUT2D eigenvalue weighted by molar-refractivity contribution is 5.81. The average molecular weight is 368 g/mol. The lowest BCUT2D eigenvalue weighted by Crippen LogP contribution is -2.08. The van der Waals surface area contributed by atoms with Gasteiger partial charge < -0.3 is 9.47 Å². The fraction of sp³-hybridized carbons (Fsp3) is 0.458. The van der Waals surface area contributed by atoms with Crippen molar-refractivity contribution in [3.05, 3.63) is 54.8 Å². The predicted octanol–water partition coefficient (Wildman–Crippen LogP) is 6.58. The van der Waals surface area contributed by atoms with Gasteiger partial charge in [-0.05, 0) is 62.9 Å². The van der Waals surface area contributed by atoms with Crippen molar-refractivity contribution in [2.75, 3.05) is 13.2 Å². The molecule has 0 spiro atoms. The van der Waals surface area contributed by atoms with Crippen LogP contribution in [0.2, 0.25) is 0 Å². The number of benzene rings is 1. The Morgan fingerprint density at radius 1 is 1.15 bits per heavy atom. The van der Waals surface area contributed by atoms with Crippen molar-refractivity contribution >= 4 is 17.0 Å². The van der Waals surface area contributed by atoms with Crippen LogP contribution in [-0.2, 0) is 4.74 Å². The molecule has 2 aromatic rings. The summed E-state index contributed by atoms with van der Waals surface area (Å²) in [6.07, 6.45) is 13.4. The molecule has 0 aliphatic rings. The van der Waals surface area contributed by atoms with Gasteiger partial charge in [0.2, 0.25) is 0 Å². The van der Waals surface area contributed by atoms with Gasteiger partial charge in [-0.2, -0.15) is 0 Å². The summed E-state index contributed by atoms with van der Waals surface area (Å²) in [7, 11) is 0. The fourth-order valence-electron chi connectivity index (χ4n) is 2.90. The quantitative estimate of drug-likeness (QED) is 0.296. The normalized spacial score (nSPS) is 12.5. The van der Waals surface area contributed by atoms with Gasteiger partial charge in [-0.15, -0.1) is 0 Å². The molecule has 1 aromatic carbocycles. The van der Waals surface area contributed by atoms with Gasteiger partial charge in [0.05, 0.1) is 17.3 Å². The third-order valence-electron chi connectivity index (χ3n) is 4.47. The summed E-state index contributed by atoms with van der Waals surface area (Å²) in [5.41, 5.74) is 1.98. The van der Waals surface area contributed by atoms with E-state index in [0.29, 0.717) is 12.7 Å². The number of hydrogen-bond acceptors (Lipinski definition) is 3. The number of rotatable bonds is 13. The van der Waals surface area contributed by atoms with E-state index >= 15 is 0 Å². The van der Waals surface area contributed by atoms with Crippen molar-refractivity contribution in [1.29, 1.82) is 0 Å². The maximum absolute atomic E-state index is 5.84. The first-order valence-corrected chi connectivity index (χ1v) is 10.2. The first-order valence-electron chi connectivity index (χ1n) is 10.2. The Morgan fingerprint density at radius 2 is 2.04 bits per heavy atom. The topological polar surface area (TPSA) is 31.4 Å². The smallest absolute Gasteiger partial charge is 0.120 e. The van der Waals surface area contributed by atoms with E-state index in [2.05, 4.69) is 44.7 Å². The number of hydrogen-bond donors (Lipinski definition) is 0. The van der Waals surface area contributed by atoms with Gasteiger partial charge in [-0.3, -0.25) is 0 Å². The highest BCUT2D eigenvalue weighted by Gasteiger charge is 2.01. The molecule has 0 radical (unpaired) electrons. The number of fused-ring (bicyclic) bond motifs is 1. The Bertz CT molecular complexity index is 723. The maximum Gasteiger partial charge on any atom is 0.120 e. The summed E-state index contributed by atoms with van der Waals surface area (Å²) < 4.78 is 11.4. The maximum atomic E-state index is 5.84. The summed E-state index contributed by atoms with van der Waals surface area (Å²) in [5, 5.41) is 1.09. The molecule has 2 rings (SSSR count). The number of unbranched alkanes of at least 4 members (excludes halogenated alkanes) is 3. The number of allylic oxidation sites excluding steroid dienone is 1. The van der Waals surface area contributed by atoms with E-state index in [-0.39, 0.29) is 0 Å². The van der Waals surface area contributed by atoms with E-state index in [1.54, 1.807) is 6.08 Å². The lowest BCUT2D eigenvalue weighted by molar-refractivity contribution is 0.0566. The van der Waals surface area contributed by atoms with Crippen molar-refractivity contribution < 1.29 is 9.47 Å². The molecule has 3 heteroatoms. The Labute approximate surface area is 164 Å². The summed E-state index contributed by atoms with van der Waals surface area (Å²) >= 11 is 0. The molecule has 0 aliphatic carbocycles. The molecule has 27 heavy (non-hydrogen) atoms. The second kappa shape index (κ2) is 12.3. The molecule has 0 saturated carbocycles. The largest absolute Gasteiger partial charge is 0.490 e. The summed E-state index contributed by atoms with van der Waals surface area (Å²) in [6, 6.07) is 10.1. The van der Waals surface area contributed by atoms with Gasteiger partial charge in [0.15, 0.2) is 0 Å². The standard InChI is InChI=1S/C24H33NO2/c1-4-6-10-18-26-20(3)11-8-7-9-12-22-14-13-21-19-23(27-17-5-2)15-16-24(21)25-22/h5,9,12-16,19-20H,2,4,6-8,10-11,17-18H2,1,3H3/b12-9+. The van der Waals surface area contributed by atoms with Crippen molar-refractivity contribution in [2.45, 2.75) is 58.5 Å². The number of nitrogens with zero attached hydrogens (tertiary/aromatic N) is 1. The average Bonchev–Trinajstić information content (AvgIpc) is 2.69. The summed E-state index contributed by atoms with van der Waals surface area (Å²) in [6.45, 7) is 9.47. The summed E-state index contributed by atoms with van der Waals surface area (Å²) in [5.74, 6) is 0.846. The zero-order valence-electron chi connectivity index (χ0n) is 16.8. The first kappa shape index (κ1) is 21.2. The minimum atomic E-state index is 0.353. The Hall–Kier alpha value is -2.13. The van der Waals surface area contributed by atoms with Crippen LogP contribution in [0.3, 0.4) is 0 Å². The van der Waals surface area contributed by atoms with Gasteiger partial charge >= 0.3 is 0 Å². The number of ether oxygens (including phenoxy) is 2. The van der Waals surface area contributed by atoms with Crippen LogP contribution in [0.15, 0.2) is 49.1 Å². The van der Waals surface area contributed by atoms with Gasteiger partial charge in [-0.1, -0.05) is 44.6 Å². The molecule has 1 heterocycles. The number of aromatic nitrogens is 1. The Morgan fingerprint density at radius 3 is 2.85 bits per heavy atom. The van der Waals surface area contributed by atoms with E-state index in [4.69, 9.17) is 14.5 Å². The Balaban J connectivity index is 1.76. The van der Waals surface area contributed by atoms with Gasteiger partial charge in [0, 0.05) is 12.0 Å². The molecule has 1 aromatic heterocycles. The van der Waals surface area contributed by atoms with Crippen LogP contribution in [0.1, 0.15) is 58.1 Å². The third-order valence-corrected chi connectivity index (χ3v) is 4.47. The monoisotopic (exact) mass is 367 g/mol. The Kier molecular flexibility index (Phi) is 9.64. The molecule has 0 aliphatic heterocycles. The van der Waals surface area contributed by atoms with E-state index in [0.717, 1.165) is 48.2 Å². The van der Waals surface area contributed by atoms with E-state index in [9.17, 15) is 0 Å². The molecular weight excluding hydrogens is 334 g/mol. The fourth-order valence-corrected chi connectivity index (χ4v) is 2.90. The predicted molar refractivity (Wildman–Crippen MR) is 115 cm³/mol. The van der Waals surface area contributed by atoms with Crippen LogP contribution in [0, 0.1) is 0 Å². The van der Waals surface area contributed by atoms with Crippen LogP contribution in [0.4, 0.5) is 0 Å². The van der Waals surface area contributed by atoms with Gasteiger partial charge in [-0.25, -0.2) is 4.98 Å². The number of pyridine rings is 1. The second-order valence-electron chi connectivity index (χ2n) is 6.91. The lowest BCUT2D eigenvalue weighted by atomic mass is 10.1. The molecule has 0 bridgehead atoms. The van der Waals surface area contributed by atoms with Gasteiger partial charge in [0.25, 0.3) is 0 Å². The van der Waals surface area contributed by atoms with Crippen LogP contribution >= 0.6 is 0 Å². The minimum Gasteiger partial charge on any atom is -0.490 e. The minimum absolute atomic E-state index is 0.353. The molecule has 0 fully saturated rings. The van der Waals surface area contributed by atoms with Crippen molar-refractivity contribution in [3.8, 4) is 5.75 Å². The van der Waals surface area contributed by atoms with Crippen molar-refractivity contribution in [3.63, 3.8) is 0 Å². The lowest BCUT2D eigenvalue weighted by Gasteiger charge is -2.11.